The number of aliphatic hydroxyl groups excluding tert-OH is 3. The van der Waals surface area contributed by atoms with Crippen LogP contribution in [0.1, 0.15) is 11.8 Å². The summed E-state index contributed by atoms with van der Waals surface area (Å²) in [4.78, 5) is 1.35. The Bertz CT molecular complexity index is 472. The smallest absolute Gasteiger partial charge is 0.127 e. The van der Waals surface area contributed by atoms with E-state index < -0.39 is 18.8 Å². The van der Waals surface area contributed by atoms with Crippen LogP contribution in [0.4, 0.5) is 0 Å². The summed E-state index contributed by atoms with van der Waals surface area (Å²) >= 11 is 0. The highest BCUT2D eigenvalue weighted by molar-refractivity contribution is 5.28. The molecule has 1 heterocycles. The van der Waals surface area contributed by atoms with Crippen molar-refractivity contribution in [3.63, 3.8) is 0 Å². The molecule has 2 unspecified atom stereocenters. The lowest BCUT2D eigenvalue weighted by molar-refractivity contribution is -0.0174. The summed E-state index contributed by atoms with van der Waals surface area (Å²) in [6.07, 6.45) is -1.13. The van der Waals surface area contributed by atoms with Crippen LogP contribution in [0.25, 0.3) is 5.69 Å². The highest BCUT2D eigenvalue weighted by Crippen LogP contribution is 2.14. The normalized spacial score (nSPS) is 14.5. The third-order valence-electron chi connectivity index (χ3n) is 2.35. The van der Waals surface area contributed by atoms with Crippen LogP contribution in [-0.4, -0.2) is 43.0 Å². The molecule has 3 N–H and O–H groups in total. The molecule has 0 aliphatic heterocycles. The average Bonchev–Trinajstić information content (AvgIpc) is 2.87. The molecule has 0 saturated carbocycles. The van der Waals surface area contributed by atoms with Crippen molar-refractivity contribution < 1.29 is 15.3 Å². The maximum absolute atomic E-state index is 9.62. The molecule has 6 heteroatoms. The summed E-state index contributed by atoms with van der Waals surface area (Å²) in [7, 11) is 0. The maximum atomic E-state index is 9.62. The van der Waals surface area contributed by atoms with E-state index in [0.29, 0.717) is 0 Å². The monoisotopic (exact) mass is 235 g/mol. The van der Waals surface area contributed by atoms with Gasteiger partial charge in [0.05, 0.1) is 18.5 Å². The van der Waals surface area contributed by atoms with Crippen LogP contribution >= 0.6 is 0 Å². The standard InChI is InChI=1S/C11H13N3O3/c15-7-10(16)11(17)9-6-12-14(13-9)8-4-2-1-3-5-8/h1-6,10-11,15-17H,7H2. The quantitative estimate of drug-likeness (QED) is 0.674. The highest BCUT2D eigenvalue weighted by atomic mass is 16.4. The second-order valence-corrected chi connectivity index (χ2v) is 3.59. The van der Waals surface area contributed by atoms with Gasteiger partial charge in [-0.1, -0.05) is 18.2 Å². The molecule has 0 fully saturated rings. The van der Waals surface area contributed by atoms with E-state index in [-0.39, 0.29) is 5.69 Å². The Balaban J connectivity index is 2.22. The van der Waals surface area contributed by atoms with Crippen LogP contribution in [0.15, 0.2) is 36.5 Å². The Labute approximate surface area is 97.8 Å². The van der Waals surface area contributed by atoms with Crippen molar-refractivity contribution in [2.75, 3.05) is 6.61 Å². The lowest BCUT2D eigenvalue weighted by atomic mass is 10.2. The van der Waals surface area contributed by atoms with E-state index in [1.165, 1.54) is 11.0 Å². The van der Waals surface area contributed by atoms with Crippen LogP contribution in [-0.2, 0) is 0 Å². The largest absolute Gasteiger partial charge is 0.394 e. The fourth-order valence-corrected chi connectivity index (χ4v) is 1.39. The molecule has 0 saturated heterocycles. The first kappa shape index (κ1) is 11.7. The van der Waals surface area contributed by atoms with Gasteiger partial charge in [-0.3, -0.25) is 0 Å². The highest BCUT2D eigenvalue weighted by Gasteiger charge is 2.20. The van der Waals surface area contributed by atoms with Gasteiger partial charge in [0.25, 0.3) is 0 Å². The third-order valence-corrected chi connectivity index (χ3v) is 2.35. The Morgan fingerprint density at radius 3 is 2.53 bits per heavy atom. The molecule has 0 spiro atoms. The lowest BCUT2D eigenvalue weighted by Crippen LogP contribution is -2.22. The first-order valence-corrected chi connectivity index (χ1v) is 5.17. The fourth-order valence-electron chi connectivity index (χ4n) is 1.39. The van der Waals surface area contributed by atoms with Crippen molar-refractivity contribution in [3.05, 3.63) is 42.2 Å². The van der Waals surface area contributed by atoms with Gasteiger partial charge in [0.1, 0.15) is 17.9 Å². The molecule has 6 nitrogen and oxygen atoms in total. The molecule has 2 aromatic rings. The van der Waals surface area contributed by atoms with E-state index in [9.17, 15) is 10.2 Å². The minimum atomic E-state index is -1.25. The van der Waals surface area contributed by atoms with Crippen LogP contribution in [0, 0.1) is 0 Å². The molecule has 0 amide bonds. The number of aliphatic hydroxyl groups is 3. The first-order valence-electron chi connectivity index (χ1n) is 5.17. The van der Waals surface area contributed by atoms with Gasteiger partial charge in [-0.05, 0) is 12.1 Å². The fraction of sp³-hybridized carbons (Fsp3) is 0.273. The van der Waals surface area contributed by atoms with Crippen molar-refractivity contribution in [2.45, 2.75) is 12.2 Å². The number of hydrogen-bond acceptors (Lipinski definition) is 5. The molecule has 90 valence electrons. The third kappa shape index (κ3) is 2.50. The zero-order valence-corrected chi connectivity index (χ0v) is 9.01. The van der Waals surface area contributed by atoms with Gasteiger partial charge in [0.2, 0.25) is 0 Å². The number of hydrogen-bond donors (Lipinski definition) is 3. The Kier molecular flexibility index (Phi) is 3.48. The second kappa shape index (κ2) is 5.05. The summed E-state index contributed by atoms with van der Waals surface area (Å²) in [6, 6.07) is 9.20. The van der Waals surface area contributed by atoms with E-state index in [1.54, 1.807) is 0 Å². The molecule has 2 atom stereocenters. The van der Waals surface area contributed by atoms with E-state index in [1.807, 2.05) is 30.3 Å². The lowest BCUT2D eigenvalue weighted by Gasteiger charge is -2.11. The molecular formula is C11H13N3O3. The van der Waals surface area contributed by atoms with Crippen LogP contribution in [0.5, 0.6) is 0 Å². The molecule has 0 radical (unpaired) electrons. The minimum absolute atomic E-state index is 0.218. The number of benzene rings is 1. The number of para-hydroxylation sites is 1. The van der Waals surface area contributed by atoms with Crippen LogP contribution < -0.4 is 0 Å². The number of rotatable bonds is 4. The predicted octanol–water partition coefficient (Wildman–Crippen LogP) is -0.346. The van der Waals surface area contributed by atoms with E-state index in [2.05, 4.69) is 10.2 Å². The van der Waals surface area contributed by atoms with Crippen molar-refractivity contribution >= 4 is 0 Å². The Morgan fingerprint density at radius 2 is 1.88 bits per heavy atom. The molecular weight excluding hydrogens is 222 g/mol. The summed E-state index contributed by atoms with van der Waals surface area (Å²) in [5.74, 6) is 0. The van der Waals surface area contributed by atoms with Gasteiger partial charge >= 0.3 is 0 Å². The SMILES string of the molecule is OCC(O)C(O)c1cnn(-c2ccccc2)n1. The van der Waals surface area contributed by atoms with Crippen molar-refractivity contribution in [3.8, 4) is 5.69 Å². The molecule has 17 heavy (non-hydrogen) atoms. The van der Waals surface area contributed by atoms with E-state index in [0.717, 1.165) is 5.69 Å². The number of nitrogens with zero attached hydrogens (tertiary/aromatic N) is 3. The van der Waals surface area contributed by atoms with Gasteiger partial charge in [0, 0.05) is 0 Å². The summed E-state index contributed by atoms with van der Waals surface area (Å²) in [5, 5.41) is 35.6. The predicted molar refractivity (Wildman–Crippen MR) is 59.4 cm³/mol. The topological polar surface area (TPSA) is 91.4 Å². The number of aromatic nitrogens is 3. The van der Waals surface area contributed by atoms with Crippen LogP contribution in [0.3, 0.4) is 0 Å². The summed E-state index contributed by atoms with van der Waals surface area (Å²) < 4.78 is 0. The zero-order chi connectivity index (χ0) is 12.3. The van der Waals surface area contributed by atoms with Gasteiger partial charge in [-0.25, -0.2) is 0 Å². The van der Waals surface area contributed by atoms with Crippen molar-refractivity contribution in [1.82, 2.24) is 15.0 Å². The maximum Gasteiger partial charge on any atom is 0.127 e. The molecule has 1 aromatic heterocycles. The molecule has 0 aliphatic carbocycles. The van der Waals surface area contributed by atoms with Gasteiger partial charge in [-0.15, -0.1) is 0 Å². The van der Waals surface area contributed by atoms with Crippen molar-refractivity contribution in [1.29, 1.82) is 0 Å². The Hall–Kier alpha value is -1.76. The van der Waals surface area contributed by atoms with E-state index in [4.69, 9.17) is 5.11 Å². The molecule has 0 aliphatic rings. The van der Waals surface area contributed by atoms with E-state index >= 15 is 0 Å². The summed E-state index contributed by atoms with van der Waals surface area (Å²) in [5.41, 5.74) is 0.972. The second-order valence-electron chi connectivity index (χ2n) is 3.59. The molecule has 1 aromatic carbocycles. The Morgan fingerprint density at radius 1 is 1.18 bits per heavy atom. The van der Waals surface area contributed by atoms with Crippen molar-refractivity contribution in [2.24, 2.45) is 0 Å². The molecule has 2 rings (SSSR count). The molecule has 0 bridgehead atoms. The van der Waals surface area contributed by atoms with Gasteiger partial charge in [-0.2, -0.15) is 15.0 Å². The average molecular weight is 235 g/mol. The van der Waals surface area contributed by atoms with Gasteiger partial charge < -0.3 is 15.3 Å². The minimum Gasteiger partial charge on any atom is -0.394 e. The van der Waals surface area contributed by atoms with Gasteiger partial charge in [0.15, 0.2) is 0 Å². The zero-order valence-electron chi connectivity index (χ0n) is 9.01. The summed E-state index contributed by atoms with van der Waals surface area (Å²) in [6.45, 7) is -0.528. The van der Waals surface area contributed by atoms with Crippen LogP contribution in [0.2, 0.25) is 0 Å². The first-order chi connectivity index (χ1) is 8.22.